The van der Waals surface area contributed by atoms with Gasteiger partial charge in [0.1, 0.15) is 5.82 Å². The topological polar surface area (TPSA) is 63.2 Å². The lowest BCUT2D eigenvalue weighted by molar-refractivity contribution is -0.119. The van der Waals surface area contributed by atoms with Gasteiger partial charge in [0.2, 0.25) is 5.91 Å². The largest absolute Gasteiger partial charge is 0.326 e. The molecule has 1 N–H and O–H groups in total. The van der Waals surface area contributed by atoms with E-state index in [9.17, 15) is 17.6 Å². The van der Waals surface area contributed by atoms with Gasteiger partial charge in [0.05, 0.1) is 17.4 Å². The molecule has 0 aromatic heterocycles. The molecule has 0 unspecified atom stereocenters. The first-order chi connectivity index (χ1) is 7.96. The number of benzene rings is 1. The van der Waals surface area contributed by atoms with Crippen LogP contribution in [0.5, 0.6) is 0 Å². The molecule has 0 radical (unpaired) electrons. The minimum atomic E-state index is -3.06. The number of sulfone groups is 1. The van der Waals surface area contributed by atoms with Crippen LogP contribution in [0.1, 0.15) is 6.42 Å². The number of carbonyl (C=O) groups is 1. The lowest BCUT2D eigenvalue weighted by Crippen LogP contribution is -2.23. The van der Waals surface area contributed by atoms with Crippen LogP contribution in [0.15, 0.2) is 24.3 Å². The summed E-state index contributed by atoms with van der Waals surface area (Å²) in [5.74, 6) is -1.23. The molecule has 1 fully saturated rings. The number of anilines is 1. The molecule has 1 saturated heterocycles. The Balaban J connectivity index is 2.01. The molecule has 1 heterocycles. The summed E-state index contributed by atoms with van der Waals surface area (Å²) in [5, 5.41) is 2.58. The fourth-order valence-corrected chi connectivity index (χ4v) is 3.52. The normalized spacial score (nSPS) is 22.3. The number of carbonyl (C=O) groups excluding carboxylic acids is 1. The molecule has 1 aliphatic heterocycles. The number of amides is 1. The van der Waals surface area contributed by atoms with Crippen LogP contribution in [-0.2, 0) is 14.6 Å². The maximum Gasteiger partial charge on any atom is 0.228 e. The SMILES string of the molecule is O=C(Nc1ccc(F)cc1)[C@@H]1CCS(=O)(=O)C1. The van der Waals surface area contributed by atoms with Crippen LogP contribution in [-0.4, -0.2) is 25.8 Å². The van der Waals surface area contributed by atoms with E-state index in [2.05, 4.69) is 5.32 Å². The number of hydrogen-bond donors (Lipinski definition) is 1. The first-order valence-electron chi connectivity index (χ1n) is 5.23. The Kier molecular flexibility index (Phi) is 3.15. The Bertz CT molecular complexity index is 524. The van der Waals surface area contributed by atoms with Crippen LogP contribution >= 0.6 is 0 Å². The van der Waals surface area contributed by atoms with E-state index in [-0.39, 0.29) is 23.2 Å². The molecular weight excluding hydrogens is 245 g/mol. The maximum atomic E-state index is 12.6. The molecule has 2 rings (SSSR count). The van der Waals surface area contributed by atoms with Gasteiger partial charge in [0, 0.05) is 5.69 Å². The first-order valence-corrected chi connectivity index (χ1v) is 7.05. The second-order valence-electron chi connectivity index (χ2n) is 4.10. The third-order valence-corrected chi connectivity index (χ3v) is 4.48. The molecule has 1 aromatic rings. The highest BCUT2D eigenvalue weighted by molar-refractivity contribution is 7.91. The zero-order chi connectivity index (χ0) is 12.5. The van der Waals surface area contributed by atoms with Gasteiger partial charge in [-0.05, 0) is 30.7 Å². The van der Waals surface area contributed by atoms with E-state index in [1.807, 2.05) is 0 Å². The van der Waals surface area contributed by atoms with Crippen molar-refractivity contribution in [1.82, 2.24) is 0 Å². The van der Waals surface area contributed by atoms with E-state index >= 15 is 0 Å². The molecule has 92 valence electrons. The molecule has 0 bridgehead atoms. The van der Waals surface area contributed by atoms with Crippen molar-refractivity contribution < 1.29 is 17.6 Å². The van der Waals surface area contributed by atoms with E-state index in [4.69, 9.17) is 0 Å². The molecular formula is C11H12FNO3S. The highest BCUT2D eigenvalue weighted by atomic mass is 32.2. The van der Waals surface area contributed by atoms with Gasteiger partial charge in [-0.1, -0.05) is 0 Å². The van der Waals surface area contributed by atoms with Gasteiger partial charge < -0.3 is 5.32 Å². The predicted molar refractivity (Wildman–Crippen MR) is 61.8 cm³/mol. The lowest BCUT2D eigenvalue weighted by Gasteiger charge is -2.09. The van der Waals surface area contributed by atoms with Gasteiger partial charge in [-0.25, -0.2) is 12.8 Å². The van der Waals surface area contributed by atoms with E-state index in [1.165, 1.54) is 24.3 Å². The Hall–Kier alpha value is -1.43. The van der Waals surface area contributed by atoms with Gasteiger partial charge in [-0.3, -0.25) is 4.79 Å². The Labute approximate surface area is 98.8 Å². The van der Waals surface area contributed by atoms with Gasteiger partial charge >= 0.3 is 0 Å². The van der Waals surface area contributed by atoms with Gasteiger partial charge in [0.25, 0.3) is 0 Å². The van der Waals surface area contributed by atoms with Crippen molar-refractivity contribution in [1.29, 1.82) is 0 Å². The third-order valence-electron chi connectivity index (χ3n) is 2.71. The average Bonchev–Trinajstić information content (AvgIpc) is 2.62. The van der Waals surface area contributed by atoms with E-state index in [0.29, 0.717) is 12.1 Å². The van der Waals surface area contributed by atoms with Crippen molar-refractivity contribution >= 4 is 21.4 Å². The van der Waals surface area contributed by atoms with Crippen molar-refractivity contribution in [2.75, 3.05) is 16.8 Å². The molecule has 1 atom stereocenters. The van der Waals surface area contributed by atoms with Crippen LogP contribution < -0.4 is 5.32 Å². The summed E-state index contributed by atoms with van der Waals surface area (Å²) in [6.07, 6.45) is 0.357. The molecule has 1 aliphatic rings. The summed E-state index contributed by atoms with van der Waals surface area (Å²) < 4.78 is 35.1. The summed E-state index contributed by atoms with van der Waals surface area (Å²) >= 11 is 0. The first kappa shape index (κ1) is 12.0. The van der Waals surface area contributed by atoms with Gasteiger partial charge in [-0.2, -0.15) is 0 Å². The molecule has 0 saturated carbocycles. The van der Waals surface area contributed by atoms with Gasteiger partial charge in [-0.15, -0.1) is 0 Å². The van der Waals surface area contributed by atoms with E-state index in [0.717, 1.165) is 0 Å². The van der Waals surface area contributed by atoms with Gasteiger partial charge in [0.15, 0.2) is 9.84 Å². The van der Waals surface area contributed by atoms with Crippen molar-refractivity contribution in [3.63, 3.8) is 0 Å². The van der Waals surface area contributed by atoms with E-state index in [1.54, 1.807) is 0 Å². The van der Waals surface area contributed by atoms with Crippen molar-refractivity contribution in [2.24, 2.45) is 5.92 Å². The van der Waals surface area contributed by atoms with Crippen LogP contribution in [0.4, 0.5) is 10.1 Å². The number of halogens is 1. The third kappa shape index (κ3) is 3.03. The standard InChI is InChI=1S/C11H12FNO3S/c12-9-1-3-10(4-2-9)13-11(14)8-5-6-17(15,16)7-8/h1-4,8H,5-7H2,(H,13,14)/t8-/m1/s1. The number of rotatable bonds is 2. The number of nitrogens with one attached hydrogen (secondary N) is 1. The minimum absolute atomic E-state index is 0.0640. The monoisotopic (exact) mass is 257 g/mol. The summed E-state index contributed by atoms with van der Waals surface area (Å²) in [6, 6.07) is 5.36. The van der Waals surface area contributed by atoms with Crippen LogP contribution in [0.25, 0.3) is 0 Å². The molecule has 17 heavy (non-hydrogen) atoms. The summed E-state index contributed by atoms with van der Waals surface area (Å²) in [4.78, 5) is 11.7. The second-order valence-corrected chi connectivity index (χ2v) is 6.32. The highest BCUT2D eigenvalue weighted by Gasteiger charge is 2.32. The summed E-state index contributed by atoms with van der Waals surface area (Å²) in [5.41, 5.74) is 0.473. The molecule has 1 aromatic carbocycles. The van der Waals surface area contributed by atoms with Crippen molar-refractivity contribution in [3.05, 3.63) is 30.1 Å². The fraction of sp³-hybridized carbons (Fsp3) is 0.364. The average molecular weight is 257 g/mol. The molecule has 4 nitrogen and oxygen atoms in total. The minimum Gasteiger partial charge on any atom is -0.326 e. The maximum absolute atomic E-state index is 12.6. The number of hydrogen-bond acceptors (Lipinski definition) is 3. The molecule has 6 heteroatoms. The zero-order valence-corrected chi connectivity index (χ0v) is 9.84. The van der Waals surface area contributed by atoms with E-state index < -0.39 is 15.8 Å². The quantitative estimate of drug-likeness (QED) is 0.865. The molecule has 1 amide bonds. The summed E-state index contributed by atoms with van der Waals surface area (Å²) in [7, 11) is -3.06. The van der Waals surface area contributed by atoms with Crippen molar-refractivity contribution in [2.45, 2.75) is 6.42 Å². The Morgan fingerprint density at radius 3 is 2.47 bits per heavy atom. The second kappa shape index (κ2) is 4.44. The zero-order valence-electron chi connectivity index (χ0n) is 9.02. The van der Waals surface area contributed by atoms with Crippen LogP contribution in [0.3, 0.4) is 0 Å². The Morgan fingerprint density at radius 1 is 1.29 bits per heavy atom. The molecule has 0 aliphatic carbocycles. The highest BCUT2D eigenvalue weighted by Crippen LogP contribution is 2.20. The van der Waals surface area contributed by atoms with Crippen LogP contribution in [0, 0.1) is 11.7 Å². The molecule has 0 spiro atoms. The summed E-state index contributed by atoms with van der Waals surface area (Å²) in [6.45, 7) is 0. The lowest BCUT2D eigenvalue weighted by atomic mass is 10.1. The smallest absolute Gasteiger partial charge is 0.228 e. The predicted octanol–water partition coefficient (Wildman–Crippen LogP) is 1.20. The Morgan fingerprint density at radius 2 is 1.94 bits per heavy atom. The van der Waals surface area contributed by atoms with Crippen LogP contribution in [0.2, 0.25) is 0 Å². The fourth-order valence-electron chi connectivity index (χ4n) is 1.78. The van der Waals surface area contributed by atoms with Crippen molar-refractivity contribution in [3.8, 4) is 0 Å².